The minimum absolute atomic E-state index is 0.0659. The standard InChI is InChI=1S/C12H17N3O2/c1-8-7-17-9(2)6-15(8)12(16)10-4-3-5-11(13)14-10/h3-5,8-9H,6-7H2,1-2H3,(H2,13,14)/t8-,9+/m1/s1. The Morgan fingerprint density at radius 1 is 1.53 bits per heavy atom. The second-order valence-electron chi connectivity index (χ2n) is 4.40. The van der Waals surface area contributed by atoms with E-state index in [2.05, 4.69) is 4.98 Å². The van der Waals surface area contributed by atoms with Crippen LogP contribution in [0.3, 0.4) is 0 Å². The first-order chi connectivity index (χ1) is 8.08. The van der Waals surface area contributed by atoms with Crippen LogP contribution in [-0.2, 0) is 4.74 Å². The molecular weight excluding hydrogens is 218 g/mol. The predicted molar refractivity (Wildman–Crippen MR) is 64.6 cm³/mol. The number of hydrogen-bond acceptors (Lipinski definition) is 4. The minimum atomic E-state index is -0.0834. The number of rotatable bonds is 1. The molecule has 2 atom stereocenters. The van der Waals surface area contributed by atoms with Crippen LogP contribution in [0.2, 0.25) is 0 Å². The first kappa shape index (κ1) is 11.9. The van der Waals surface area contributed by atoms with E-state index in [0.29, 0.717) is 24.7 Å². The molecule has 0 unspecified atom stereocenters. The molecule has 2 heterocycles. The fourth-order valence-electron chi connectivity index (χ4n) is 1.90. The molecule has 92 valence electrons. The maximum absolute atomic E-state index is 12.3. The molecule has 0 saturated carbocycles. The van der Waals surface area contributed by atoms with Crippen molar-refractivity contribution in [1.29, 1.82) is 0 Å². The molecule has 1 aromatic heterocycles. The SMILES string of the molecule is C[C@@H]1CO[C@@H](C)CN1C(=O)c1cccc(N)n1. The highest BCUT2D eigenvalue weighted by molar-refractivity contribution is 5.92. The number of morpholine rings is 1. The maximum atomic E-state index is 12.3. The number of carbonyl (C=O) groups is 1. The number of hydrogen-bond donors (Lipinski definition) is 1. The topological polar surface area (TPSA) is 68.5 Å². The summed E-state index contributed by atoms with van der Waals surface area (Å²) in [6.45, 7) is 5.08. The molecule has 2 N–H and O–H groups in total. The molecule has 2 rings (SSSR count). The van der Waals surface area contributed by atoms with E-state index < -0.39 is 0 Å². The lowest BCUT2D eigenvalue weighted by atomic mass is 10.2. The first-order valence-corrected chi connectivity index (χ1v) is 5.73. The highest BCUT2D eigenvalue weighted by Crippen LogP contribution is 2.15. The van der Waals surface area contributed by atoms with Crippen LogP contribution in [0.15, 0.2) is 18.2 Å². The summed E-state index contributed by atoms with van der Waals surface area (Å²) in [5.74, 6) is 0.282. The largest absolute Gasteiger partial charge is 0.384 e. The van der Waals surface area contributed by atoms with Gasteiger partial charge in [-0.2, -0.15) is 0 Å². The van der Waals surface area contributed by atoms with Crippen molar-refractivity contribution in [1.82, 2.24) is 9.88 Å². The molecule has 17 heavy (non-hydrogen) atoms. The fourth-order valence-corrected chi connectivity index (χ4v) is 1.90. The van der Waals surface area contributed by atoms with Gasteiger partial charge in [0.05, 0.1) is 18.8 Å². The average Bonchev–Trinajstić information content (AvgIpc) is 2.31. The zero-order valence-electron chi connectivity index (χ0n) is 10.1. The summed E-state index contributed by atoms with van der Waals surface area (Å²) in [7, 11) is 0. The lowest BCUT2D eigenvalue weighted by molar-refractivity contribution is -0.0388. The Morgan fingerprint density at radius 3 is 3.00 bits per heavy atom. The van der Waals surface area contributed by atoms with Gasteiger partial charge >= 0.3 is 0 Å². The summed E-state index contributed by atoms with van der Waals surface area (Å²) < 4.78 is 5.49. The number of nitrogen functional groups attached to an aromatic ring is 1. The van der Waals surface area contributed by atoms with E-state index in [1.54, 1.807) is 23.1 Å². The summed E-state index contributed by atoms with van der Waals surface area (Å²) in [5.41, 5.74) is 5.98. The van der Waals surface area contributed by atoms with E-state index in [9.17, 15) is 4.79 Å². The molecule has 1 aromatic rings. The third kappa shape index (κ3) is 2.55. The molecule has 0 spiro atoms. The van der Waals surface area contributed by atoms with Crippen molar-refractivity contribution in [3.05, 3.63) is 23.9 Å². The molecular formula is C12H17N3O2. The number of aromatic nitrogens is 1. The first-order valence-electron chi connectivity index (χ1n) is 5.73. The predicted octanol–water partition coefficient (Wildman–Crippen LogP) is 0.913. The van der Waals surface area contributed by atoms with Crippen molar-refractivity contribution in [2.24, 2.45) is 0 Å². The zero-order chi connectivity index (χ0) is 12.4. The van der Waals surface area contributed by atoms with Gasteiger partial charge in [-0.05, 0) is 26.0 Å². The number of nitrogens with two attached hydrogens (primary N) is 1. The van der Waals surface area contributed by atoms with Crippen LogP contribution < -0.4 is 5.73 Å². The second-order valence-corrected chi connectivity index (χ2v) is 4.40. The minimum Gasteiger partial charge on any atom is -0.384 e. The maximum Gasteiger partial charge on any atom is 0.272 e. The van der Waals surface area contributed by atoms with Crippen LogP contribution in [-0.4, -0.2) is 41.1 Å². The Kier molecular flexibility index (Phi) is 3.28. The third-order valence-corrected chi connectivity index (χ3v) is 2.86. The lowest BCUT2D eigenvalue weighted by Gasteiger charge is -2.36. The number of ether oxygens (including phenoxy) is 1. The van der Waals surface area contributed by atoms with E-state index in [-0.39, 0.29) is 18.1 Å². The summed E-state index contributed by atoms with van der Waals surface area (Å²) in [6, 6.07) is 5.17. The van der Waals surface area contributed by atoms with Crippen LogP contribution in [0.4, 0.5) is 5.82 Å². The number of amides is 1. The zero-order valence-corrected chi connectivity index (χ0v) is 10.1. The molecule has 1 saturated heterocycles. The molecule has 1 aliphatic heterocycles. The number of carbonyl (C=O) groups excluding carboxylic acids is 1. The van der Waals surface area contributed by atoms with E-state index in [1.165, 1.54) is 0 Å². The smallest absolute Gasteiger partial charge is 0.272 e. The Hall–Kier alpha value is -1.62. The van der Waals surface area contributed by atoms with Crippen molar-refractivity contribution in [2.45, 2.75) is 26.0 Å². The molecule has 0 bridgehead atoms. The van der Waals surface area contributed by atoms with Gasteiger partial charge in [0.1, 0.15) is 11.5 Å². The highest BCUT2D eigenvalue weighted by atomic mass is 16.5. The molecule has 5 nitrogen and oxygen atoms in total. The van der Waals surface area contributed by atoms with Crippen LogP contribution in [0.1, 0.15) is 24.3 Å². The lowest BCUT2D eigenvalue weighted by Crippen LogP contribution is -2.50. The quantitative estimate of drug-likeness (QED) is 0.785. The molecule has 0 radical (unpaired) electrons. The van der Waals surface area contributed by atoms with Gasteiger partial charge in [0.15, 0.2) is 0 Å². The highest BCUT2D eigenvalue weighted by Gasteiger charge is 2.28. The summed E-state index contributed by atoms with van der Waals surface area (Å²) in [6.07, 6.45) is 0.0659. The Balaban J connectivity index is 2.18. The van der Waals surface area contributed by atoms with Crippen LogP contribution in [0.25, 0.3) is 0 Å². The Bertz CT molecular complexity index is 422. The number of anilines is 1. The van der Waals surface area contributed by atoms with Crippen LogP contribution >= 0.6 is 0 Å². The van der Waals surface area contributed by atoms with Crippen molar-refractivity contribution < 1.29 is 9.53 Å². The number of nitrogens with zero attached hydrogens (tertiary/aromatic N) is 2. The molecule has 5 heteroatoms. The molecule has 1 amide bonds. The molecule has 0 aliphatic carbocycles. The monoisotopic (exact) mass is 235 g/mol. The van der Waals surface area contributed by atoms with Gasteiger partial charge in [-0.15, -0.1) is 0 Å². The Morgan fingerprint density at radius 2 is 2.29 bits per heavy atom. The van der Waals surface area contributed by atoms with Gasteiger partial charge in [0, 0.05) is 6.54 Å². The number of pyridine rings is 1. The van der Waals surface area contributed by atoms with Gasteiger partial charge in [-0.3, -0.25) is 4.79 Å². The van der Waals surface area contributed by atoms with Gasteiger partial charge in [0.2, 0.25) is 0 Å². The van der Waals surface area contributed by atoms with Gasteiger partial charge in [0.25, 0.3) is 5.91 Å². The normalized spacial score (nSPS) is 24.7. The summed E-state index contributed by atoms with van der Waals surface area (Å²) >= 11 is 0. The molecule has 1 aliphatic rings. The summed E-state index contributed by atoms with van der Waals surface area (Å²) in [5, 5.41) is 0. The van der Waals surface area contributed by atoms with E-state index >= 15 is 0 Å². The molecule has 1 fully saturated rings. The Labute approximate surface area is 101 Å². The van der Waals surface area contributed by atoms with Crippen LogP contribution in [0.5, 0.6) is 0 Å². The van der Waals surface area contributed by atoms with Crippen LogP contribution in [0, 0.1) is 0 Å². The van der Waals surface area contributed by atoms with Crippen molar-refractivity contribution in [3.63, 3.8) is 0 Å². The third-order valence-electron chi connectivity index (χ3n) is 2.86. The average molecular weight is 235 g/mol. The van der Waals surface area contributed by atoms with E-state index in [0.717, 1.165) is 0 Å². The van der Waals surface area contributed by atoms with E-state index in [1.807, 2.05) is 13.8 Å². The van der Waals surface area contributed by atoms with Crippen molar-refractivity contribution in [3.8, 4) is 0 Å². The van der Waals surface area contributed by atoms with Crippen molar-refractivity contribution >= 4 is 11.7 Å². The van der Waals surface area contributed by atoms with Gasteiger partial charge < -0.3 is 15.4 Å². The second kappa shape index (κ2) is 4.71. The van der Waals surface area contributed by atoms with Gasteiger partial charge in [-0.25, -0.2) is 4.98 Å². The summed E-state index contributed by atoms with van der Waals surface area (Å²) in [4.78, 5) is 18.1. The van der Waals surface area contributed by atoms with Crippen molar-refractivity contribution in [2.75, 3.05) is 18.9 Å². The molecule has 0 aromatic carbocycles. The van der Waals surface area contributed by atoms with E-state index in [4.69, 9.17) is 10.5 Å². The fraction of sp³-hybridized carbons (Fsp3) is 0.500. The van der Waals surface area contributed by atoms with Gasteiger partial charge in [-0.1, -0.05) is 6.07 Å².